The summed E-state index contributed by atoms with van der Waals surface area (Å²) >= 11 is 0. The normalized spacial score (nSPS) is 17.1. The van der Waals surface area contributed by atoms with Crippen molar-refractivity contribution in [1.82, 2.24) is 9.88 Å². The molecule has 2 heterocycles. The largest absolute Gasteiger partial charge is 0.494 e. The third kappa shape index (κ3) is 6.12. The Hall–Kier alpha value is -4.85. The summed E-state index contributed by atoms with van der Waals surface area (Å²) < 4.78 is 14.4. The van der Waals surface area contributed by atoms with Gasteiger partial charge in [-0.2, -0.15) is 0 Å². The average molecular weight is 647 g/mol. The summed E-state index contributed by atoms with van der Waals surface area (Å²) in [5.74, 6) is 0.809. The van der Waals surface area contributed by atoms with E-state index in [4.69, 9.17) is 14.6 Å². The van der Waals surface area contributed by atoms with E-state index >= 15 is 0 Å². The van der Waals surface area contributed by atoms with E-state index in [0.29, 0.717) is 44.1 Å². The molecule has 248 valence electrons. The molecule has 8 heteroatoms. The summed E-state index contributed by atoms with van der Waals surface area (Å²) in [6, 6.07) is 19.4. The zero-order valence-electron chi connectivity index (χ0n) is 27.4. The quantitative estimate of drug-likeness (QED) is 0.171. The number of nitrogens with zero attached hydrogens (tertiary/aromatic N) is 1. The highest BCUT2D eigenvalue weighted by atomic mass is 16.5. The number of aromatic nitrogens is 1. The molecule has 2 saturated carbocycles. The van der Waals surface area contributed by atoms with E-state index in [0.717, 1.165) is 59.0 Å². The number of carbonyl (C=O) groups excluding carboxylic acids is 2. The molecule has 2 fully saturated rings. The SMILES string of the molecule is CCOc1ccc2c(c1)OCCn1c-2c(C2CCCCC2)c2ccc(C(=O)NC3(C(=O)Cc4ccc(/C=C/C(=O)O)cc4)CCC3)cc21. The number of amides is 1. The van der Waals surface area contributed by atoms with Gasteiger partial charge in [0.2, 0.25) is 0 Å². The number of nitrogens with one attached hydrogen (secondary N) is 1. The van der Waals surface area contributed by atoms with Gasteiger partial charge in [-0.1, -0.05) is 49.6 Å². The maximum atomic E-state index is 13.9. The zero-order valence-corrected chi connectivity index (χ0v) is 27.4. The maximum absolute atomic E-state index is 13.9. The van der Waals surface area contributed by atoms with Crippen molar-refractivity contribution in [3.63, 3.8) is 0 Å². The fourth-order valence-electron chi connectivity index (χ4n) is 7.73. The first-order valence-corrected chi connectivity index (χ1v) is 17.3. The van der Waals surface area contributed by atoms with Gasteiger partial charge in [-0.15, -0.1) is 0 Å². The Bertz CT molecular complexity index is 1890. The van der Waals surface area contributed by atoms with E-state index in [1.54, 1.807) is 12.1 Å². The molecule has 1 aliphatic heterocycles. The highest BCUT2D eigenvalue weighted by Gasteiger charge is 2.45. The van der Waals surface area contributed by atoms with E-state index in [1.807, 2.05) is 43.3 Å². The monoisotopic (exact) mass is 646 g/mol. The summed E-state index contributed by atoms with van der Waals surface area (Å²) in [5, 5.41) is 13.2. The van der Waals surface area contributed by atoms with Crippen molar-refractivity contribution < 1.29 is 29.0 Å². The van der Waals surface area contributed by atoms with Crippen LogP contribution in [0.1, 0.15) is 91.3 Å². The minimum atomic E-state index is -1.01. The predicted molar refractivity (Wildman–Crippen MR) is 186 cm³/mol. The summed E-state index contributed by atoms with van der Waals surface area (Å²) in [6.07, 6.45) is 10.9. The highest BCUT2D eigenvalue weighted by Crippen LogP contribution is 2.48. The number of fused-ring (bicyclic) bond motifs is 5. The lowest BCUT2D eigenvalue weighted by atomic mass is 9.72. The molecule has 0 radical (unpaired) electrons. The third-order valence-corrected chi connectivity index (χ3v) is 10.3. The summed E-state index contributed by atoms with van der Waals surface area (Å²) in [5.41, 5.74) is 5.85. The minimum absolute atomic E-state index is 0.00618. The Kier molecular flexibility index (Phi) is 8.82. The van der Waals surface area contributed by atoms with Crippen LogP contribution in [-0.4, -0.2) is 46.1 Å². The van der Waals surface area contributed by atoms with Crippen molar-refractivity contribution in [2.24, 2.45) is 0 Å². The molecular weight excluding hydrogens is 604 g/mol. The van der Waals surface area contributed by atoms with E-state index in [9.17, 15) is 14.4 Å². The van der Waals surface area contributed by atoms with Gasteiger partial charge in [0, 0.05) is 40.6 Å². The number of hydrogen-bond acceptors (Lipinski definition) is 5. The van der Waals surface area contributed by atoms with Gasteiger partial charge in [0.1, 0.15) is 18.1 Å². The van der Waals surface area contributed by atoms with Crippen molar-refractivity contribution >= 4 is 34.6 Å². The lowest BCUT2D eigenvalue weighted by Crippen LogP contribution is -2.59. The number of rotatable bonds is 10. The van der Waals surface area contributed by atoms with Crippen LogP contribution in [0.5, 0.6) is 11.5 Å². The van der Waals surface area contributed by atoms with Crippen LogP contribution in [-0.2, 0) is 22.6 Å². The molecule has 2 N–H and O–H groups in total. The first-order chi connectivity index (χ1) is 23.3. The fourth-order valence-corrected chi connectivity index (χ4v) is 7.73. The Balaban J connectivity index is 1.19. The second kappa shape index (κ2) is 13.3. The first-order valence-electron chi connectivity index (χ1n) is 17.3. The second-order valence-corrected chi connectivity index (χ2v) is 13.3. The van der Waals surface area contributed by atoms with Crippen molar-refractivity contribution in [1.29, 1.82) is 0 Å². The predicted octanol–water partition coefficient (Wildman–Crippen LogP) is 7.71. The summed E-state index contributed by atoms with van der Waals surface area (Å²) in [6.45, 7) is 3.74. The summed E-state index contributed by atoms with van der Waals surface area (Å²) in [4.78, 5) is 38.4. The van der Waals surface area contributed by atoms with Gasteiger partial charge in [-0.3, -0.25) is 9.59 Å². The van der Waals surface area contributed by atoms with E-state index in [2.05, 4.69) is 22.0 Å². The Morgan fingerprint density at radius 2 is 1.79 bits per heavy atom. The molecule has 1 amide bonds. The van der Waals surface area contributed by atoms with E-state index < -0.39 is 11.5 Å². The number of benzene rings is 3. The zero-order chi connectivity index (χ0) is 33.3. The average Bonchev–Trinajstić information content (AvgIpc) is 3.27. The summed E-state index contributed by atoms with van der Waals surface area (Å²) in [7, 11) is 0. The van der Waals surface area contributed by atoms with Crippen molar-refractivity contribution in [2.45, 2.75) is 82.7 Å². The number of aliphatic carboxylic acids is 1. The molecule has 0 bridgehead atoms. The molecule has 48 heavy (non-hydrogen) atoms. The van der Waals surface area contributed by atoms with Crippen LogP contribution in [0.3, 0.4) is 0 Å². The molecule has 0 spiro atoms. The number of carbonyl (C=O) groups is 3. The number of hydrogen-bond donors (Lipinski definition) is 2. The lowest BCUT2D eigenvalue weighted by molar-refractivity contribution is -0.131. The molecule has 8 nitrogen and oxygen atoms in total. The molecule has 4 aromatic rings. The molecule has 0 saturated heterocycles. The number of ether oxygens (including phenoxy) is 2. The smallest absolute Gasteiger partial charge is 0.328 e. The van der Waals surface area contributed by atoms with Gasteiger partial charge < -0.3 is 24.5 Å². The number of Topliss-reactive ketones (excluding diaryl/α,β-unsaturated/α-hetero) is 1. The van der Waals surface area contributed by atoms with Crippen LogP contribution >= 0.6 is 0 Å². The van der Waals surface area contributed by atoms with Crippen LogP contribution in [0.4, 0.5) is 0 Å². The van der Waals surface area contributed by atoms with Crippen molar-refractivity contribution in [3.05, 3.63) is 89.0 Å². The number of ketones is 1. The molecule has 2 aliphatic carbocycles. The number of carboxylic acid groups (broad SMARTS) is 1. The Labute approximate surface area is 280 Å². The van der Waals surface area contributed by atoms with E-state index in [-0.39, 0.29) is 18.1 Å². The van der Waals surface area contributed by atoms with Gasteiger partial charge >= 0.3 is 5.97 Å². The maximum Gasteiger partial charge on any atom is 0.328 e. The van der Waals surface area contributed by atoms with Gasteiger partial charge in [0.05, 0.1) is 24.4 Å². The first kappa shape index (κ1) is 31.7. The van der Waals surface area contributed by atoms with Crippen molar-refractivity contribution in [2.75, 3.05) is 13.2 Å². The molecule has 3 aromatic carbocycles. The second-order valence-electron chi connectivity index (χ2n) is 13.3. The molecular formula is C40H42N2O6. The van der Waals surface area contributed by atoms with Crippen LogP contribution in [0, 0.1) is 0 Å². The Morgan fingerprint density at radius 1 is 1.00 bits per heavy atom. The lowest BCUT2D eigenvalue weighted by Gasteiger charge is -2.41. The molecule has 7 rings (SSSR count). The molecule has 0 atom stereocenters. The highest BCUT2D eigenvalue weighted by molar-refractivity contribution is 6.04. The van der Waals surface area contributed by atoms with Gasteiger partial charge in [-0.25, -0.2) is 4.79 Å². The minimum Gasteiger partial charge on any atom is -0.494 e. The van der Waals surface area contributed by atoms with E-state index in [1.165, 1.54) is 42.0 Å². The molecule has 0 unspecified atom stereocenters. The van der Waals surface area contributed by atoms with Crippen LogP contribution in [0.2, 0.25) is 0 Å². The number of carboxylic acids is 1. The third-order valence-electron chi connectivity index (χ3n) is 10.3. The van der Waals surface area contributed by atoms with Gasteiger partial charge in [-0.05, 0) is 92.0 Å². The van der Waals surface area contributed by atoms with Gasteiger partial charge in [0.15, 0.2) is 5.78 Å². The topological polar surface area (TPSA) is 107 Å². The Morgan fingerprint density at radius 3 is 2.50 bits per heavy atom. The van der Waals surface area contributed by atoms with Crippen molar-refractivity contribution in [3.8, 4) is 22.8 Å². The molecule has 1 aromatic heterocycles. The standard InChI is InChI=1S/C40H42N2O6/c1-2-47-30-15-17-32-34(25-30)48-22-21-42-33-24-29(14-16-31(33)37(38(32)42)28-7-4-3-5-8-28)39(46)41-40(19-6-20-40)35(43)23-27-11-9-26(10-12-27)13-18-36(44)45/h9-18,24-25,28H,2-8,19-23H2,1H3,(H,41,46)(H,44,45)/b18-13+. The molecule has 3 aliphatic rings. The van der Waals surface area contributed by atoms with Crippen LogP contribution < -0.4 is 14.8 Å². The van der Waals surface area contributed by atoms with Crippen LogP contribution in [0.15, 0.2) is 66.7 Å². The van der Waals surface area contributed by atoms with Gasteiger partial charge in [0.25, 0.3) is 5.91 Å². The fraction of sp³-hybridized carbons (Fsp3) is 0.375. The van der Waals surface area contributed by atoms with Crippen LogP contribution in [0.25, 0.3) is 28.2 Å².